The van der Waals surface area contributed by atoms with Crippen LogP contribution in [0.4, 0.5) is 0 Å². The SMILES string of the molecule is CCCCCCCn1c2ccc(/C=C(\C#N)c3nc4ccccc4s3)cc2c2c(-c3cccs3)c3c(c(-c4cccs4)c21)c1cc(/C=C(\C#N)c2nc4ccccc4s2)ccc1n3CCCCCCC. The van der Waals surface area contributed by atoms with Crippen molar-refractivity contribution in [2.24, 2.45) is 0 Å². The van der Waals surface area contributed by atoms with Gasteiger partial charge in [-0.1, -0.05) is 114 Å². The van der Waals surface area contributed by atoms with E-state index in [0.29, 0.717) is 11.1 Å². The number of thiophene rings is 2. The standard InChI is InChI=1S/C60H52N6S4/c1-3-5-7-9-15-29-65-47-27-25-39(33-41(37-61)59-63-45-19-11-13-21-49(45)69-59)35-43(47)53-56(52-24-18-32-68-52)58-54(55(57(53)65)51-23-17-31-67-51)44-36-40(26-28-48(44)66(58)30-16-10-8-6-4-2)34-42(38-62)60-64-46-20-12-14-22-50(46)70-60/h11-14,17-28,31-36H,3-10,15-16,29-30H2,1-2H3/b41-33+,42-34+. The summed E-state index contributed by atoms with van der Waals surface area (Å²) in [5.74, 6) is 0. The number of nitriles is 2. The topological polar surface area (TPSA) is 83.2 Å². The first kappa shape index (κ1) is 45.8. The Morgan fingerprint density at radius 1 is 0.529 bits per heavy atom. The van der Waals surface area contributed by atoms with Crippen LogP contribution in [0.5, 0.6) is 0 Å². The van der Waals surface area contributed by atoms with E-state index in [2.05, 4.69) is 119 Å². The zero-order chi connectivity index (χ0) is 47.6. The smallest absolute Gasteiger partial charge is 0.135 e. The van der Waals surface area contributed by atoms with E-state index in [1.807, 2.05) is 48.6 Å². The predicted octanol–water partition coefficient (Wildman–Crippen LogP) is 18.6. The second kappa shape index (κ2) is 20.4. The highest BCUT2D eigenvalue weighted by Gasteiger charge is 2.29. The third-order valence-electron chi connectivity index (χ3n) is 13.6. The molecule has 6 heterocycles. The number of aromatic nitrogens is 4. The number of unbranched alkanes of at least 4 members (excludes halogenated alkanes) is 8. The van der Waals surface area contributed by atoms with E-state index in [0.717, 1.165) is 67.5 Å². The van der Waals surface area contributed by atoms with Gasteiger partial charge in [-0.2, -0.15) is 10.5 Å². The molecule has 5 aromatic carbocycles. The fourth-order valence-electron chi connectivity index (χ4n) is 10.3. The minimum absolute atomic E-state index is 0.566. The third kappa shape index (κ3) is 8.58. The van der Waals surface area contributed by atoms with Crippen LogP contribution in [0.1, 0.15) is 99.2 Å². The molecule has 0 bridgehead atoms. The fourth-order valence-corrected chi connectivity index (χ4v) is 13.7. The lowest BCUT2D eigenvalue weighted by Crippen LogP contribution is -2.02. The second-order valence-corrected chi connectivity index (χ2v) is 22.1. The maximum absolute atomic E-state index is 10.7. The summed E-state index contributed by atoms with van der Waals surface area (Å²) in [4.78, 5) is 12.3. The number of fused-ring (bicyclic) bond motifs is 8. The van der Waals surface area contributed by atoms with E-state index in [1.54, 1.807) is 45.3 Å². The van der Waals surface area contributed by atoms with Crippen molar-refractivity contribution in [1.29, 1.82) is 10.5 Å². The molecule has 70 heavy (non-hydrogen) atoms. The van der Waals surface area contributed by atoms with Crippen molar-refractivity contribution >= 4 is 133 Å². The average molecular weight is 985 g/mol. The van der Waals surface area contributed by atoms with E-state index in [9.17, 15) is 10.5 Å². The Kier molecular flexibility index (Phi) is 13.3. The van der Waals surface area contributed by atoms with Crippen molar-refractivity contribution < 1.29 is 0 Å². The number of rotatable bonds is 18. The quantitative estimate of drug-likeness (QED) is 0.0633. The van der Waals surface area contributed by atoms with E-state index >= 15 is 0 Å². The number of nitrogens with zero attached hydrogens (tertiary/aromatic N) is 6. The van der Waals surface area contributed by atoms with Gasteiger partial charge in [-0.05, 0) is 108 Å². The molecule has 11 rings (SSSR count). The first-order valence-electron chi connectivity index (χ1n) is 24.7. The summed E-state index contributed by atoms with van der Waals surface area (Å²) in [6.07, 6.45) is 15.9. The predicted molar refractivity (Wildman–Crippen MR) is 303 cm³/mol. The van der Waals surface area contributed by atoms with E-state index in [4.69, 9.17) is 9.97 Å². The van der Waals surface area contributed by atoms with Crippen LogP contribution in [0.2, 0.25) is 0 Å². The molecule has 0 N–H and O–H groups in total. The van der Waals surface area contributed by atoms with Crippen LogP contribution in [-0.4, -0.2) is 19.1 Å². The molecular weight excluding hydrogens is 933 g/mol. The molecule has 0 spiro atoms. The molecule has 6 nitrogen and oxygen atoms in total. The van der Waals surface area contributed by atoms with Gasteiger partial charge in [-0.3, -0.25) is 0 Å². The fraction of sp³-hybridized carbons (Fsp3) is 0.233. The Balaban J connectivity index is 1.23. The van der Waals surface area contributed by atoms with Crippen molar-refractivity contribution in [2.75, 3.05) is 0 Å². The molecule has 0 saturated heterocycles. The lowest BCUT2D eigenvalue weighted by molar-refractivity contribution is 0.584. The van der Waals surface area contributed by atoms with Gasteiger partial charge in [-0.15, -0.1) is 45.3 Å². The van der Waals surface area contributed by atoms with Crippen molar-refractivity contribution in [2.45, 2.75) is 91.1 Å². The molecule has 11 aromatic rings. The average Bonchev–Trinajstić information content (AvgIpc) is 4.27. The van der Waals surface area contributed by atoms with Gasteiger partial charge in [0.05, 0.1) is 42.6 Å². The lowest BCUT2D eigenvalue weighted by atomic mass is 9.94. The maximum Gasteiger partial charge on any atom is 0.135 e. The molecule has 0 fully saturated rings. The molecule has 346 valence electrons. The van der Waals surface area contributed by atoms with Gasteiger partial charge >= 0.3 is 0 Å². The van der Waals surface area contributed by atoms with Gasteiger partial charge in [0, 0.05) is 66.5 Å². The van der Waals surface area contributed by atoms with Crippen LogP contribution in [0.25, 0.3) is 108 Å². The van der Waals surface area contributed by atoms with E-state index in [-0.39, 0.29) is 0 Å². The highest BCUT2D eigenvalue weighted by molar-refractivity contribution is 7.20. The summed E-state index contributed by atoms with van der Waals surface area (Å²) < 4.78 is 7.41. The summed E-state index contributed by atoms with van der Waals surface area (Å²) in [5, 5.41) is 32.1. The van der Waals surface area contributed by atoms with Crippen molar-refractivity contribution in [3.8, 4) is 33.0 Å². The van der Waals surface area contributed by atoms with Crippen LogP contribution in [0, 0.1) is 22.7 Å². The van der Waals surface area contributed by atoms with Gasteiger partial charge < -0.3 is 9.13 Å². The number of hydrogen-bond donors (Lipinski definition) is 0. The number of allylic oxidation sites excluding steroid dienone is 2. The minimum atomic E-state index is 0.566. The molecule has 0 unspecified atom stereocenters. The van der Waals surface area contributed by atoms with E-state index < -0.39 is 0 Å². The molecule has 0 atom stereocenters. The molecule has 0 saturated carbocycles. The normalized spacial score (nSPS) is 12.4. The molecule has 0 amide bonds. The molecule has 0 aliphatic carbocycles. The second-order valence-electron chi connectivity index (χ2n) is 18.1. The third-order valence-corrected chi connectivity index (χ3v) is 17.5. The number of thiazole rings is 2. The first-order chi connectivity index (χ1) is 34.6. The number of aryl methyl sites for hydroxylation is 2. The summed E-state index contributed by atoms with van der Waals surface area (Å²) in [6.45, 7) is 6.34. The van der Waals surface area contributed by atoms with Gasteiger partial charge in [0.1, 0.15) is 22.2 Å². The Hall–Kier alpha value is -6.66. The zero-order valence-corrected chi connectivity index (χ0v) is 42.8. The Morgan fingerprint density at radius 3 is 1.37 bits per heavy atom. The van der Waals surface area contributed by atoms with Crippen LogP contribution in [-0.2, 0) is 13.1 Å². The summed E-state index contributed by atoms with van der Waals surface area (Å²) in [6, 6.07) is 43.9. The van der Waals surface area contributed by atoms with Gasteiger partial charge in [0.15, 0.2) is 0 Å². The number of hydrogen-bond acceptors (Lipinski definition) is 8. The van der Waals surface area contributed by atoms with Crippen molar-refractivity contribution in [3.63, 3.8) is 0 Å². The maximum atomic E-state index is 10.7. The van der Waals surface area contributed by atoms with Crippen LogP contribution in [0.15, 0.2) is 120 Å². The van der Waals surface area contributed by atoms with Crippen molar-refractivity contribution in [3.05, 3.63) is 141 Å². The Bertz CT molecular complexity index is 3520. The molecule has 0 aliphatic heterocycles. The Morgan fingerprint density at radius 2 is 0.971 bits per heavy atom. The summed E-state index contributed by atoms with van der Waals surface area (Å²) in [7, 11) is 0. The van der Waals surface area contributed by atoms with Gasteiger partial charge in [0.2, 0.25) is 0 Å². The zero-order valence-electron chi connectivity index (χ0n) is 39.5. The number of para-hydroxylation sites is 2. The van der Waals surface area contributed by atoms with Crippen LogP contribution in [0.3, 0.4) is 0 Å². The Labute approximate surface area is 424 Å². The molecule has 0 aliphatic rings. The molecule has 10 heteroatoms. The lowest BCUT2D eigenvalue weighted by Gasteiger charge is -2.17. The molecule has 0 radical (unpaired) electrons. The van der Waals surface area contributed by atoms with Crippen LogP contribution < -0.4 is 0 Å². The highest BCUT2D eigenvalue weighted by atomic mass is 32.1. The minimum Gasteiger partial charge on any atom is -0.340 e. The summed E-state index contributed by atoms with van der Waals surface area (Å²) >= 11 is 6.75. The number of benzene rings is 5. The molecular formula is C60H52N6S4. The summed E-state index contributed by atoms with van der Waals surface area (Å²) in [5.41, 5.74) is 12.4. The first-order valence-corrected chi connectivity index (χ1v) is 28.1. The monoisotopic (exact) mass is 984 g/mol. The van der Waals surface area contributed by atoms with Gasteiger partial charge in [-0.25, -0.2) is 9.97 Å². The van der Waals surface area contributed by atoms with E-state index in [1.165, 1.54) is 116 Å². The van der Waals surface area contributed by atoms with Crippen LogP contribution >= 0.6 is 45.3 Å². The van der Waals surface area contributed by atoms with Crippen molar-refractivity contribution in [1.82, 2.24) is 19.1 Å². The van der Waals surface area contributed by atoms with Gasteiger partial charge in [0.25, 0.3) is 0 Å². The highest BCUT2D eigenvalue weighted by Crippen LogP contribution is 2.52. The molecule has 6 aromatic heterocycles. The largest absolute Gasteiger partial charge is 0.340 e.